The molecule has 92 valence electrons. The van der Waals surface area contributed by atoms with Crippen LogP contribution in [-0.2, 0) is 0 Å². The second kappa shape index (κ2) is 4.27. The van der Waals surface area contributed by atoms with E-state index in [2.05, 4.69) is 9.97 Å². The van der Waals surface area contributed by atoms with Crippen LogP contribution in [0.4, 0.5) is 5.95 Å². The Hall–Kier alpha value is -1.73. The SMILES string of the molecule is O=C(O)c1cnc(N2CC(CO)(CO)C2)nc1. The summed E-state index contributed by atoms with van der Waals surface area (Å²) in [4.78, 5) is 20.2. The fourth-order valence-corrected chi connectivity index (χ4v) is 1.75. The molecule has 3 N–H and O–H groups in total. The number of rotatable bonds is 4. The van der Waals surface area contributed by atoms with Gasteiger partial charge in [-0.3, -0.25) is 0 Å². The minimum absolute atomic E-state index is 0.0323. The first kappa shape index (κ1) is 11.7. The quantitative estimate of drug-likeness (QED) is 0.616. The van der Waals surface area contributed by atoms with Gasteiger partial charge >= 0.3 is 5.97 Å². The van der Waals surface area contributed by atoms with Gasteiger partial charge in [0.25, 0.3) is 0 Å². The second-order valence-corrected chi connectivity index (χ2v) is 4.25. The van der Waals surface area contributed by atoms with Crippen LogP contribution in [0.15, 0.2) is 12.4 Å². The Morgan fingerprint density at radius 3 is 2.24 bits per heavy atom. The van der Waals surface area contributed by atoms with Gasteiger partial charge in [0, 0.05) is 25.5 Å². The van der Waals surface area contributed by atoms with Crippen LogP contribution in [0.25, 0.3) is 0 Å². The molecular weight excluding hydrogens is 226 g/mol. The zero-order chi connectivity index (χ0) is 12.5. The average Bonchev–Trinajstić information content (AvgIpc) is 2.29. The van der Waals surface area contributed by atoms with Crippen molar-refractivity contribution in [2.24, 2.45) is 5.41 Å². The van der Waals surface area contributed by atoms with Gasteiger partial charge in [-0.15, -0.1) is 0 Å². The number of aromatic carboxylic acids is 1. The molecule has 7 nitrogen and oxygen atoms in total. The summed E-state index contributed by atoms with van der Waals surface area (Å²) in [6, 6.07) is 0. The second-order valence-electron chi connectivity index (χ2n) is 4.25. The minimum Gasteiger partial charge on any atom is -0.478 e. The highest BCUT2D eigenvalue weighted by atomic mass is 16.4. The Balaban J connectivity index is 2.04. The Morgan fingerprint density at radius 2 is 1.82 bits per heavy atom. The molecule has 1 aromatic rings. The molecular formula is C10H13N3O4. The lowest BCUT2D eigenvalue weighted by Crippen LogP contribution is -2.61. The summed E-state index contributed by atoms with van der Waals surface area (Å²) >= 11 is 0. The van der Waals surface area contributed by atoms with Gasteiger partial charge in [-0.25, -0.2) is 14.8 Å². The molecule has 0 bridgehead atoms. The minimum atomic E-state index is -1.07. The maximum atomic E-state index is 10.6. The standard InChI is InChI=1S/C10H13N3O4/c14-5-10(6-15)3-13(4-10)9-11-1-7(2-12-9)8(16)17/h1-2,14-15H,3-6H2,(H,16,17). The number of carboxylic acid groups (broad SMARTS) is 1. The van der Waals surface area contributed by atoms with Crippen molar-refractivity contribution in [2.45, 2.75) is 0 Å². The number of hydrogen-bond acceptors (Lipinski definition) is 6. The van der Waals surface area contributed by atoms with E-state index in [0.29, 0.717) is 19.0 Å². The van der Waals surface area contributed by atoms with E-state index in [1.54, 1.807) is 4.90 Å². The number of carbonyl (C=O) groups is 1. The molecule has 0 amide bonds. The lowest BCUT2D eigenvalue weighted by Gasteiger charge is -2.48. The van der Waals surface area contributed by atoms with Gasteiger partial charge in [-0.05, 0) is 0 Å². The first-order valence-electron chi connectivity index (χ1n) is 5.12. The normalized spacial score (nSPS) is 17.6. The average molecular weight is 239 g/mol. The third-order valence-corrected chi connectivity index (χ3v) is 2.89. The molecule has 1 fully saturated rings. The summed E-state index contributed by atoms with van der Waals surface area (Å²) in [7, 11) is 0. The number of aliphatic hydroxyl groups excluding tert-OH is 2. The number of hydrogen-bond donors (Lipinski definition) is 3. The van der Waals surface area contributed by atoms with Crippen LogP contribution in [0.1, 0.15) is 10.4 Å². The topological polar surface area (TPSA) is 107 Å². The molecule has 1 aliphatic rings. The molecule has 2 rings (SSSR count). The van der Waals surface area contributed by atoms with Gasteiger partial charge in [0.05, 0.1) is 24.2 Å². The Morgan fingerprint density at radius 1 is 1.29 bits per heavy atom. The summed E-state index contributed by atoms with van der Waals surface area (Å²) in [5.41, 5.74) is -0.459. The van der Waals surface area contributed by atoms with E-state index >= 15 is 0 Å². The summed E-state index contributed by atoms with van der Waals surface area (Å²) in [5.74, 6) is -0.659. The number of anilines is 1. The maximum Gasteiger partial charge on any atom is 0.338 e. The monoisotopic (exact) mass is 239 g/mol. The number of nitrogens with zero attached hydrogens (tertiary/aromatic N) is 3. The van der Waals surface area contributed by atoms with Crippen molar-refractivity contribution < 1.29 is 20.1 Å². The van der Waals surface area contributed by atoms with Crippen molar-refractivity contribution in [3.05, 3.63) is 18.0 Å². The summed E-state index contributed by atoms with van der Waals surface area (Å²) in [5, 5.41) is 26.9. The van der Waals surface area contributed by atoms with Gasteiger partial charge in [0.1, 0.15) is 0 Å². The van der Waals surface area contributed by atoms with Crippen molar-refractivity contribution in [1.82, 2.24) is 9.97 Å². The zero-order valence-corrected chi connectivity index (χ0v) is 9.07. The molecule has 2 heterocycles. The smallest absolute Gasteiger partial charge is 0.338 e. The fourth-order valence-electron chi connectivity index (χ4n) is 1.75. The number of aromatic nitrogens is 2. The molecule has 17 heavy (non-hydrogen) atoms. The van der Waals surface area contributed by atoms with Crippen molar-refractivity contribution >= 4 is 11.9 Å². The lowest BCUT2D eigenvalue weighted by atomic mass is 9.82. The van der Waals surface area contributed by atoms with Crippen molar-refractivity contribution in [1.29, 1.82) is 0 Å². The molecule has 0 saturated carbocycles. The van der Waals surface area contributed by atoms with Gasteiger partial charge in [-0.2, -0.15) is 0 Å². The van der Waals surface area contributed by atoms with Gasteiger partial charge in [0.15, 0.2) is 0 Å². The third kappa shape index (κ3) is 2.06. The van der Waals surface area contributed by atoms with Crippen LogP contribution >= 0.6 is 0 Å². The molecule has 0 unspecified atom stereocenters. The highest BCUT2D eigenvalue weighted by Gasteiger charge is 2.43. The van der Waals surface area contributed by atoms with Gasteiger partial charge < -0.3 is 20.2 Å². The fraction of sp³-hybridized carbons (Fsp3) is 0.500. The van der Waals surface area contributed by atoms with Crippen molar-refractivity contribution in [3.63, 3.8) is 0 Å². The number of carboxylic acids is 1. The summed E-state index contributed by atoms with van der Waals surface area (Å²) in [6.45, 7) is 0.749. The van der Waals surface area contributed by atoms with E-state index in [9.17, 15) is 4.79 Å². The van der Waals surface area contributed by atoms with E-state index < -0.39 is 11.4 Å². The molecule has 1 aromatic heterocycles. The zero-order valence-electron chi connectivity index (χ0n) is 9.07. The Kier molecular flexibility index (Phi) is 2.95. The van der Waals surface area contributed by atoms with Crippen LogP contribution < -0.4 is 4.90 Å². The first-order chi connectivity index (χ1) is 8.10. The molecule has 0 atom stereocenters. The molecule has 1 saturated heterocycles. The van der Waals surface area contributed by atoms with Gasteiger partial charge in [-0.1, -0.05) is 0 Å². The molecule has 1 aliphatic heterocycles. The molecule has 0 spiro atoms. The van der Waals surface area contributed by atoms with E-state index in [1.807, 2.05) is 0 Å². The third-order valence-electron chi connectivity index (χ3n) is 2.89. The number of aliphatic hydroxyl groups is 2. The van der Waals surface area contributed by atoms with E-state index in [4.69, 9.17) is 15.3 Å². The molecule has 0 radical (unpaired) electrons. The van der Waals surface area contributed by atoms with Crippen molar-refractivity contribution in [3.8, 4) is 0 Å². The highest BCUT2D eigenvalue weighted by Crippen LogP contribution is 2.31. The first-order valence-corrected chi connectivity index (χ1v) is 5.12. The Bertz CT molecular complexity index is 408. The van der Waals surface area contributed by atoms with Crippen molar-refractivity contribution in [2.75, 3.05) is 31.2 Å². The van der Waals surface area contributed by atoms with Crippen LogP contribution in [-0.4, -0.2) is 57.6 Å². The van der Waals surface area contributed by atoms with Crippen LogP contribution in [0.2, 0.25) is 0 Å². The lowest BCUT2D eigenvalue weighted by molar-refractivity contribution is 0.0297. The maximum absolute atomic E-state index is 10.6. The largest absolute Gasteiger partial charge is 0.478 e. The van der Waals surface area contributed by atoms with E-state index in [0.717, 1.165) is 0 Å². The van der Waals surface area contributed by atoms with Crippen LogP contribution in [0.3, 0.4) is 0 Å². The van der Waals surface area contributed by atoms with Gasteiger partial charge in [0.2, 0.25) is 5.95 Å². The summed E-state index contributed by atoms with van der Waals surface area (Å²) in [6.07, 6.45) is 2.48. The van der Waals surface area contributed by atoms with E-state index in [1.165, 1.54) is 12.4 Å². The Labute approximate surface area is 97.4 Å². The predicted octanol–water partition coefficient (Wildman–Crippen LogP) is -1.03. The van der Waals surface area contributed by atoms with Crippen LogP contribution in [0.5, 0.6) is 0 Å². The molecule has 0 aliphatic carbocycles. The molecule has 7 heteroatoms. The highest BCUT2D eigenvalue weighted by molar-refractivity contribution is 5.86. The predicted molar refractivity (Wildman–Crippen MR) is 57.8 cm³/mol. The summed E-state index contributed by atoms with van der Waals surface area (Å²) < 4.78 is 0. The molecule has 0 aromatic carbocycles. The van der Waals surface area contributed by atoms with Crippen LogP contribution in [0, 0.1) is 5.41 Å². The van der Waals surface area contributed by atoms with E-state index in [-0.39, 0.29) is 18.8 Å².